The molecule has 1 fully saturated rings. The Balaban J connectivity index is 1.76. The lowest BCUT2D eigenvalue weighted by Crippen LogP contribution is -2.18. The Morgan fingerprint density at radius 1 is 1.33 bits per heavy atom. The number of nitrogens with zero attached hydrogens (tertiary/aromatic N) is 3. The van der Waals surface area contributed by atoms with Gasteiger partial charge in [0.2, 0.25) is 0 Å². The number of aromatic nitrogens is 2. The molecule has 4 nitrogen and oxygen atoms in total. The monoisotopic (exact) mass is 303 g/mol. The summed E-state index contributed by atoms with van der Waals surface area (Å²) in [4.78, 5) is 10.8. The number of hydrogen-bond donors (Lipinski definition) is 0. The number of benzene rings is 1. The second-order valence-corrected chi connectivity index (χ2v) is 5.72. The van der Waals surface area contributed by atoms with Crippen LogP contribution in [0.2, 0.25) is 5.02 Å². The molecule has 1 unspecified atom stereocenters. The standard InChI is InChI=1S/C16H18ClN3O/c1-20(9-12-4-2-3-5-14(12)17)16-8-15(18-11-19-16)13-6-7-21-10-13/h2-5,8,11,13H,6-7,9-10H2,1H3. The van der Waals surface area contributed by atoms with Crippen molar-refractivity contribution < 1.29 is 4.74 Å². The van der Waals surface area contributed by atoms with Crippen LogP contribution in [0, 0.1) is 0 Å². The fourth-order valence-corrected chi connectivity index (χ4v) is 2.72. The van der Waals surface area contributed by atoms with Crippen LogP contribution in [0.5, 0.6) is 0 Å². The maximum Gasteiger partial charge on any atom is 0.132 e. The van der Waals surface area contributed by atoms with Crippen molar-refractivity contribution in [3.8, 4) is 0 Å². The summed E-state index contributed by atoms with van der Waals surface area (Å²) >= 11 is 6.21. The molecule has 2 heterocycles. The predicted molar refractivity (Wildman–Crippen MR) is 83.8 cm³/mol. The maximum atomic E-state index is 6.21. The van der Waals surface area contributed by atoms with Crippen molar-refractivity contribution >= 4 is 17.4 Å². The highest BCUT2D eigenvalue weighted by Crippen LogP contribution is 2.26. The number of ether oxygens (including phenoxy) is 1. The fraction of sp³-hybridized carbons (Fsp3) is 0.375. The molecule has 3 rings (SSSR count). The van der Waals surface area contributed by atoms with E-state index in [-0.39, 0.29) is 0 Å². The van der Waals surface area contributed by atoms with Gasteiger partial charge in [-0.2, -0.15) is 0 Å². The van der Waals surface area contributed by atoms with E-state index in [4.69, 9.17) is 16.3 Å². The van der Waals surface area contributed by atoms with Crippen molar-refractivity contribution in [2.45, 2.75) is 18.9 Å². The van der Waals surface area contributed by atoms with Gasteiger partial charge in [-0.1, -0.05) is 29.8 Å². The summed E-state index contributed by atoms with van der Waals surface area (Å²) in [5.41, 5.74) is 2.15. The van der Waals surface area contributed by atoms with E-state index in [2.05, 4.69) is 20.9 Å². The summed E-state index contributed by atoms with van der Waals surface area (Å²) in [7, 11) is 2.01. The molecule has 0 radical (unpaired) electrons. The summed E-state index contributed by atoms with van der Waals surface area (Å²) in [5, 5.41) is 0.780. The lowest BCUT2D eigenvalue weighted by atomic mass is 10.0. The van der Waals surface area contributed by atoms with Crippen molar-refractivity contribution in [3.05, 3.63) is 52.9 Å². The van der Waals surface area contributed by atoms with Gasteiger partial charge in [-0.05, 0) is 18.1 Å². The molecule has 0 spiro atoms. The molecule has 1 aromatic carbocycles. The minimum atomic E-state index is 0.389. The van der Waals surface area contributed by atoms with Crippen LogP contribution in [0.4, 0.5) is 5.82 Å². The van der Waals surface area contributed by atoms with Gasteiger partial charge >= 0.3 is 0 Å². The number of hydrogen-bond acceptors (Lipinski definition) is 4. The average molecular weight is 304 g/mol. The molecule has 0 N–H and O–H groups in total. The molecule has 1 aliphatic heterocycles. The minimum Gasteiger partial charge on any atom is -0.381 e. The largest absolute Gasteiger partial charge is 0.381 e. The zero-order valence-electron chi connectivity index (χ0n) is 12.0. The van der Waals surface area contributed by atoms with Crippen LogP contribution in [0.15, 0.2) is 36.7 Å². The molecule has 0 saturated carbocycles. The first-order valence-corrected chi connectivity index (χ1v) is 7.46. The van der Waals surface area contributed by atoms with Crippen LogP contribution in [0.3, 0.4) is 0 Å². The quantitative estimate of drug-likeness (QED) is 0.869. The van der Waals surface area contributed by atoms with Crippen LogP contribution in [0.1, 0.15) is 23.6 Å². The highest BCUT2D eigenvalue weighted by molar-refractivity contribution is 6.31. The third kappa shape index (κ3) is 3.34. The zero-order chi connectivity index (χ0) is 14.7. The first-order chi connectivity index (χ1) is 10.2. The van der Waals surface area contributed by atoms with Gasteiger partial charge in [0, 0.05) is 37.2 Å². The van der Waals surface area contributed by atoms with Gasteiger partial charge in [0.25, 0.3) is 0 Å². The van der Waals surface area contributed by atoms with Crippen molar-refractivity contribution in [2.75, 3.05) is 25.2 Å². The van der Waals surface area contributed by atoms with Gasteiger partial charge in [-0.3, -0.25) is 0 Å². The van der Waals surface area contributed by atoms with Gasteiger partial charge in [0.15, 0.2) is 0 Å². The molecule has 0 aliphatic carbocycles. The van der Waals surface area contributed by atoms with E-state index in [0.717, 1.165) is 48.3 Å². The molecule has 5 heteroatoms. The average Bonchev–Trinajstić information content (AvgIpc) is 3.04. The predicted octanol–water partition coefficient (Wildman–Crippen LogP) is 3.27. The Hall–Kier alpha value is -1.65. The van der Waals surface area contributed by atoms with Gasteiger partial charge in [0.1, 0.15) is 12.1 Å². The van der Waals surface area contributed by atoms with Gasteiger partial charge in [0.05, 0.1) is 12.3 Å². The smallest absolute Gasteiger partial charge is 0.132 e. The van der Waals surface area contributed by atoms with Crippen LogP contribution < -0.4 is 4.90 Å². The SMILES string of the molecule is CN(Cc1ccccc1Cl)c1cc(C2CCOC2)ncn1. The molecule has 21 heavy (non-hydrogen) atoms. The summed E-state index contributed by atoms with van der Waals surface area (Å²) in [6.45, 7) is 2.29. The molecule has 1 atom stereocenters. The van der Waals surface area contributed by atoms with Crippen molar-refractivity contribution in [1.82, 2.24) is 9.97 Å². The third-order valence-electron chi connectivity index (χ3n) is 3.78. The molecule has 0 amide bonds. The van der Waals surface area contributed by atoms with E-state index in [9.17, 15) is 0 Å². The Bertz CT molecular complexity index is 614. The molecule has 2 aromatic rings. The molecular weight excluding hydrogens is 286 g/mol. The second kappa shape index (κ2) is 6.41. The first kappa shape index (κ1) is 14.3. The highest BCUT2D eigenvalue weighted by Gasteiger charge is 2.20. The normalized spacial score (nSPS) is 17.9. The Morgan fingerprint density at radius 2 is 2.19 bits per heavy atom. The third-order valence-corrected chi connectivity index (χ3v) is 4.15. The summed E-state index contributed by atoms with van der Waals surface area (Å²) < 4.78 is 5.43. The van der Waals surface area contributed by atoms with Crippen LogP contribution in [-0.4, -0.2) is 30.2 Å². The van der Waals surface area contributed by atoms with Crippen molar-refractivity contribution in [3.63, 3.8) is 0 Å². The van der Waals surface area contributed by atoms with Crippen LogP contribution >= 0.6 is 11.6 Å². The number of anilines is 1. The molecule has 1 aromatic heterocycles. The summed E-state index contributed by atoms with van der Waals surface area (Å²) in [6.07, 6.45) is 2.66. The van der Waals surface area contributed by atoms with Gasteiger partial charge in [-0.25, -0.2) is 9.97 Å². The van der Waals surface area contributed by atoms with E-state index in [1.165, 1.54) is 0 Å². The first-order valence-electron chi connectivity index (χ1n) is 7.08. The molecule has 0 bridgehead atoms. The summed E-state index contributed by atoms with van der Waals surface area (Å²) in [6, 6.07) is 9.93. The van der Waals surface area contributed by atoms with Crippen LogP contribution in [0.25, 0.3) is 0 Å². The lowest BCUT2D eigenvalue weighted by molar-refractivity contribution is 0.193. The van der Waals surface area contributed by atoms with E-state index >= 15 is 0 Å². The number of halogens is 1. The topological polar surface area (TPSA) is 38.2 Å². The van der Waals surface area contributed by atoms with Gasteiger partial charge < -0.3 is 9.64 Å². The number of rotatable bonds is 4. The van der Waals surface area contributed by atoms with E-state index in [1.807, 2.05) is 31.3 Å². The molecular formula is C16H18ClN3O. The zero-order valence-corrected chi connectivity index (χ0v) is 12.8. The Kier molecular flexibility index (Phi) is 4.36. The lowest BCUT2D eigenvalue weighted by Gasteiger charge is -2.20. The summed E-state index contributed by atoms with van der Waals surface area (Å²) in [5.74, 6) is 1.30. The maximum absolute atomic E-state index is 6.21. The van der Waals surface area contributed by atoms with E-state index in [1.54, 1.807) is 6.33 Å². The highest BCUT2D eigenvalue weighted by atomic mass is 35.5. The van der Waals surface area contributed by atoms with Gasteiger partial charge in [-0.15, -0.1) is 0 Å². The van der Waals surface area contributed by atoms with E-state index in [0.29, 0.717) is 5.92 Å². The fourth-order valence-electron chi connectivity index (χ4n) is 2.52. The Morgan fingerprint density at radius 3 is 2.95 bits per heavy atom. The minimum absolute atomic E-state index is 0.389. The van der Waals surface area contributed by atoms with Crippen molar-refractivity contribution in [2.24, 2.45) is 0 Å². The van der Waals surface area contributed by atoms with Crippen molar-refractivity contribution in [1.29, 1.82) is 0 Å². The van der Waals surface area contributed by atoms with E-state index < -0.39 is 0 Å². The second-order valence-electron chi connectivity index (χ2n) is 5.31. The Labute approximate surface area is 129 Å². The molecule has 110 valence electrons. The van der Waals surface area contributed by atoms with Crippen LogP contribution in [-0.2, 0) is 11.3 Å². The molecule has 1 aliphatic rings. The molecule has 1 saturated heterocycles.